The predicted octanol–water partition coefficient (Wildman–Crippen LogP) is 6.87. The lowest BCUT2D eigenvalue weighted by molar-refractivity contribution is -0.277. The number of hydrogen-bond acceptors (Lipinski definition) is 4. The molecule has 0 radical (unpaired) electrons. The highest BCUT2D eigenvalue weighted by Crippen LogP contribution is 2.38. The van der Waals surface area contributed by atoms with E-state index in [0.29, 0.717) is 34.9 Å². The minimum absolute atomic E-state index is 0.0566. The fourth-order valence-corrected chi connectivity index (χ4v) is 4.10. The zero-order valence-electron chi connectivity index (χ0n) is 18.1. The summed E-state index contributed by atoms with van der Waals surface area (Å²) in [5.41, 5.74) is 1.40. The van der Waals surface area contributed by atoms with Crippen molar-refractivity contribution in [2.45, 2.75) is 57.9 Å². The minimum atomic E-state index is -0.275. The first-order valence-electron chi connectivity index (χ1n) is 11.2. The first-order valence-corrected chi connectivity index (χ1v) is 11.5. The van der Waals surface area contributed by atoms with Crippen molar-refractivity contribution >= 4 is 34.5 Å². The largest absolute Gasteiger partial charge is 0.854 e. The number of hydrogen-bond donors (Lipinski definition) is 0. The number of diazo groups is 1. The zero-order valence-corrected chi connectivity index (χ0v) is 18.9. The van der Waals surface area contributed by atoms with Gasteiger partial charge >= 0.3 is 5.69 Å². The molecule has 3 aromatic rings. The van der Waals surface area contributed by atoms with Crippen molar-refractivity contribution < 1.29 is 14.6 Å². The Bertz CT molecular complexity index is 1090. The van der Waals surface area contributed by atoms with E-state index in [0.717, 1.165) is 50.3 Å². The standard InChI is InChI=1S/C25H28ClN3O3/c26-20-13-14-22-21(17-20)24(28-27)25(31)29(22)15-9-5-3-1-2-4-6-10-16-32-23-12-8-7-11-19(23)18-30/h7-8,11-14,17-18H,1-6,9-10,15-16H2. The Hall–Kier alpha value is -3.04. The van der Waals surface area contributed by atoms with E-state index in [4.69, 9.17) is 16.3 Å². The second kappa shape index (κ2) is 12.1. The Labute approximate surface area is 193 Å². The van der Waals surface area contributed by atoms with Gasteiger partial charge in [-0.1, -0.05) is 62.3 Å². The first-order chi connectivity index (χ1) is 15.7. The topological polar surface area (TPSA) is 82.4 Å². The Morgan fingerprint density at radius 2 is 1.69 bits per heavy atom. The monoisotopic (exact) mass is 453 g/mol. The maximum Gasteiger partial charge on any atom is 0.402 e. The molecule has 1 aromatic heterocycles. The van der Waals surface area contributed by atoms with Gasteiger partial charge in [0, 0.05) is 11.6 Å². The number of aldehydes is 1. The summed E-state index contributed by atoms with van der Waals surface area (Å²) in [6, 6.07) is 12.5. The average molecular weight is 454 g/mol. The zero-order chi connectivity index (χ0) is 22.8. The lowest BCUT2D eigenvalue weighted by Gasteiger charge is -2.11. The van der Waals surface area contributed by atoms with E-state index >= 15 is 0 Å². The summed E-state index contributed by atoms with van der Waals surface area (Å²) < 4.78 is 7.37. The van der Waals surface area contributed by atoms with Gasteiger partial charge in [-0.2, -0.15) is 0 Å². The number of aryl methyl sites for hydroxylation is 1. The Morgan fingerprint density at radius 3 is 2.41 bits per heavy atom. The number of carbonyl (C=O) groups excluding carboxylic acids is 1. The molecule has 0 unspecified atom stereocenters. The molecule has 0 aliphatic heterocycles. The summed E-state index contributed by atoms with van der Waals surface area (Å²) in [6.07, 6.45) is 9.47. The van der Waals surface area contributed by atoms with E-state index in [2.05, 4.69) is 4.98 Å². The molecule has 2 aromatic carbocycles. The molecule has 3 rings (SSSR count). The Morgan fingerprint density at radius 1 is 1.00 bits per heavy atom. The van der Waals surface area contributed by atoms with Crippen molar-refractivity contribution in [1.82, 2.24) is 4.57 Å². The number of nitrogens with zero attached hydrogens (tertiary/aromatic N) is 3. The van der Waals surface area contributed by atoms with E-state index in [1.165, 1.54) is 12.8 Å². The molecule has 0 aliphatic rings. The quantitative estimate of drug-likeness (QED) is 0.161. The highest BCUT2D eigenvalue weighted by atomic mass is 35.5. The predicted molar refractivity (Wildman–Crippen MR) is 125 cm³/mol. The van der Waals surface area contributed by atoms with Crippen LogP contribution in [0.3, 0.4) is 0 Å². The van der Waals surface area contributed by atoms with E-state index < -0.39 is 0 Å². The van der Waals surface area contributed by atoms with Gasteiger partial charge in [0.2, 0.25) is 5.39 Å². The minimum Gasteiger partial charge on any atom is -0.854 e. The maximum absolute atomic E-state index is 12.5. The van der Waals surface area contributed by atoms with Crippen LogP contribution in [0, 0.1) is 5.39 Å². The van der Waals surface area contributed by atoms with Gasteiger partial charge in [0.05, 0.1) is 29.0 Å². The van der Waals surface area contributed by atoms with Crippen molar-refractivity contribution in [3.05, 3.63) is 58.0 Å². The van der Waals surface area contributed by atoms with Crippen molar-refractivity contribution in [2.75, 3.05) is 6.61 Å². The van der Waals surface area contributed by atoms with E-state index in [9.17, 15) is 15.3 Å². The first kappa shape index (κ1) is 23.6. The number of unbranched alkanes of at least 4 members (excludes halogenated alkanes) is 7. The lowest BCUT2D eigenvalue weighted by Crippen LogP contribution is -2.04. The van der Waals surface area contributed by atoms with Gasteiger partial charge in [-0.15, -0.1) is 0 Å². The molecule has 0 bridgehead atoms. The highest BCUT2D eigenvalue weighted by Gasteiger charge is 2.20. The molecular formula is C25H28ClN3O3. The molecule has 1 heterocycles. The second-order valence-corrected chi connectivity index (χ2v) is 8.34. The Balaban J connectivity index is 1.29. The van der Waals surface area contributed by atoms with Crippen molar-refractivity contribution in [3.8, 4) is 11.6 Å². The van der Waals surface area contributed by atoms with Crippen LogP contribution in [0.4, 0.5) is 5.69 Å². The smallest absolute Gasteiger partial charge is 0.402 e. The fourth-order valence-electron chi connectivity index (χ4n) is 3.93. The summed E-state index contributed by atoms with van der Waals surface area (Å²) in [5, 5.41) is 22.8. The normalized spacial score (nSPS) is 10.9. The number of rotatable bonds is 13. The lowest BCUT2D eigenvalue weighted by atomic mass is 10.1. The third-order valence-corrected chi connectivity index (χ3v) is 5.87. The Kier molecular flexibility index (Phi) is 8.94. The number of ether oxygens (including phenoxy) is 1. The van der Waals surface area contributed by atoms with Crippen LogP contribution < -0.4 is 9.84 Å². The highest BCUT2D eigenvalue weighted by molar-refractivity contribution is 6.31. The summed E-state index contributed by atoms with van der Waals surface area (Å²) in [7, 11) is 0. The molecule has 7 heteroatoms. The van der Waals surface area contributed by atoms with Crippen LogP contribution >= 0.6 is 11.6 Å². The third kappa shape index (κ3) is 6.02. The molecule has 0 fully saturated rings. The SMILES string of the molecule is N#[N+]c1c([O-])n(CCCCCCCCCCOc2ccccc2C=O)c2ccc(Cl)cc12. The summed E-state index contributed by atoms with van der Waals surface area (Å²) >= 11 is 6.01. The van der Waals surface area contributed by atoms with Gasteiger partial charge in [0.15, 0.2) is 11.3 Å². The molecule has 0 saturated heterocycles. The van der Waals surface area contributed by atoms with Crippen LogP contribution in [0.2, 0.25) is 5.02 Å². The average Bonchev–Trinajstić information content (AvgIpc) is 3.07. The van der Waals surface area contributed by atoms with Gasteiger partial charge < -0.3 is 14.4 Å². The molecule has 0 N–H and O–H groups in total. The van der Waals surface area contributed by atoms with Gasteiger partial charge in [0.1, 0.15) is 5.75 Å². The fraction of sp³-hybridized carbons (Fsp3) is 0.400. The van der Waals surface area contributed by atoms with Gasteiger partial charge in [0.25, 0.3) is 0 Å². The molecule has 168 valence electrons. The van der Waals surface area contributed by atoms with Gasteiger partial charge in [-0.05, 0) is 43.2 Å². The second-order valence-electron chi connectivity index (χ2n) is 7.90. The third-order valence-electron chi connectivity index (χ3n) is 5.63. The molecule has 32 heavy (non-hydrogen) atoms. The van der Waals surface area contributed by atoms with E-state index in [1.54, 1.807) is 28.8 Å². The van der Waals surface area contributed by atoms with Crippen LogP contribution in [0.1, 0.15) is 61.7 Å². The molecule has 0 amide bonds. The molecular weight excluding hydrogens is 426 g/mol. The van der Waals surface area contributed by atoms with Crippen molar-refractivity contribution in [1.29, 1.82) is 5.39 Å². The van der Waals surface area contributed by atoms with Crippen LogP contribution in [0.15, 0.2) is 42.5 Å². The van der Waals surface area contributed by atoms with Crippen LogP contribution in [0.25, 0.3) is 15.9 Å². The molecule has 0 aliphatic carbocycles. The van der Waals surface area contributed by atoms with E-state index in [1.807, 2.05) is 18.2 Å². The number of carbonyl (C=O) groups is 1. The number of halogens is 1. The van der Waals surface area contributed by atoms with Crippen molar-refractivity contribution in [2.24, 2.45) is 0 Å². The molecule has 6 nitrogen and oxygen atoms in total. The number of fused-ring (bicyclic) bond motifs is 1. The summed E-state index contributed by atoms with van der Waals surface area (Å²) in [6.45, 7) is 1.23. The number of benzene rings is 2. The summed E-state index contributed by atoms with van der Waals surface area (Å²) in [5.74, 6) is 0.379. The van der Waals surface area contributed by atoms with Crippen LogP contribution in [0.5, 0.6) is 11.6 Å². The molecule has 0 saturated carbocycles. The van der Waals surface area contributed by atoms with Gasteiger partial charge in [-0.3, -0.25) is 4.79 Å². The number of para-hydroxylation sites is 1. The van der Waals surface area contributed by atoms with Gasteiger partial charge in [-0.25, -0.2) is 0 Å². The van der Waals surface area contributed by atoms with Crippen molar-refractivity contribution in [3.63, 3.8) is 0 Å². The van der Waals surface area contributed by atoms with Crippen LogP contribution in [-0.4, -0.2) is 17.5 Å². The number of aromatic nitrogens is 1. The molecule has 0 spiro atoms. The van der Waals surface area contributed by atoms with Crippen LogP contribution in [-0.2, 0) is 6.54 Å². The maximum atomic E-state index is 12.5. The summed E-state index contributed by atoms with van der Waals surface area (Å²) in [4.78, 5) is 14.1. The van der Waals surface area contributed by atoms with E-state index in [-0.39, 0.29) is 11.6 Å². The molecule has 0 atom stereocenters.